The van der Waals surface area contributed by atoms with Crippen LogP contribution in [0.4, 0.5) is 13.2 Å². The van der Waals surface area contributed by atoms with Gasteiger partial charge in [0.2, 0.25) is 0 Å². The molecule has 0 saturated carbocycles. The van der Waals surface area contributed by atoms with Crippen molar-refractivity contribution in [2.45, 2.75) is 25.6 Å². The van der Waals surface area contributed by atoms with E-state index in [1.165, 1.54) is 4.57 Å². The zero-order chi connectivity index (χ0) is 20.6. The van der Waals surface area contributed by atoms with E-state index in [0.717, 1.165) is 17.4 Å². The van der Waals surface area contributed by atoms with Crippen molar-refractivity contribution in [1.29, 1.82) is 0 Å². The number of carbonyl (C=O) groups is 1. The molecule has 1 aromatic carbocycles. The average Bonchev–Trinajstić information content (AvgIpc) is 3.16. The van der Waals surface area contributed by atoms with Crippen LogP contribution in [0.25, 0.3) is 11.0 Å². The number of aromatic amines is 1. The molecule has 0 spiro atoms. The monoisotopic (exact) mass is 405 g/mol. The Bertz CT molecular complexity index is 1100. The van der Waals surface area contributed by atoms with Crippen molar-refractivity contribution < 1.29 is 18.0 Å². The topological polar surface area (TPSA) is 83.9 Å². The summed E-state index contributed by atoms with van der Waals surface area (Å²) in [6, 6.07) is 5.81. The molecule has 10 heteroatoms. The molecule has 7 nitrogen and oxygen atoms in total. The summed E-state index contributed by atoms with van der Waals surface area (Å²) in [4.78, 5) is 36.9. The van der Waals surface area contributed by atoms with E-state index in [-0.39, 0.29) is 18.4 Å². The first kappa shape index (κ1) is 19.2. The summed E-state index contributed by atoms with van der Waals surface area (Å²) >= 11 is 0. The van der Waals surface area contributed by atoms with Gasteiger partial charge in [0.15, 0.2) is 5.69 Å². The molecule has 152 valence electrons. The number of alkyl halides is 3. The van der Waals surface area contributed by atoms with E-state index < -0.39 is 17.4 Å². The average molecular weight is 405 g/mol. The number of fused-ring (bicyclic) bond motifs is 1. The van der Waals surface area contributed by atoms with Crippen LogP contribution in [0.5, 0.6) is 0 Å². The largest absolute Gasteiger partial charge is 0.433 e. The fourth-order valence-corrected chi connectivity index (χ4v) is 3.57. The van der Waals surface area contributed by atoms with Gasteiger partial charge in [-0.15, -0.1) is 0 Å². The third-order valence-corrected chi connectivity index (χ3v) is 5.19. The van der Waals surface area contributed by atoms with Crippen molar-refractivity contribution in [1.82, 2.24) is 24.4 Å². The van der Waals surface area contributed by atoms with Gasteiger partial charge in [-0.2, -0.15) is 13.2 Å². The minimum atomic E-state index is -4.64. The number of nitrogens with one attached hydrogen (secondary N) is 1. The molecule has 1 saturated heterocycles. The van der Waals surface area contributed by atoms with Crippen LogP contribution in [-0.2, 0) is 12.7 Å². The highest BCUT2D eigenvalue weighted by Crippen LogP contribution is 2.26. The van der Waals surface area contributed by atoms with Crippen molar-refractivity contribution in [2.75, 3.05) is 13.1 Å². The molecule has 1 N–H and O–H groups in total. The lowest BCUT2D eigenvalue weighted by molar-refractivity contribution is -0.141. The smallest absolute Gasteiger partial charge is 0.345 e. The lowest BCUT2D eigenvalue weighted by atomic mass is 9.96. The number of hydrogen-bond acceptors (Lipinski definition) is 4. The summed E-state index contributed by atoms with van der Waals surface area (Å²) in [5, 5.41) is 0. The minimum absolute atomic E-state index is 0.0756. The molecule has 2 aromatic heterocycles. The number of nitrogens with zero attached hydrogens (tertiary/aromatic N) is 4. The molecule has 4 rings (SSSR count). The molecule has 0 aliphatic carbocycles. The van der Waals surface area contributed by atoms with E-state index in [4.69, 9.17) is 0 Å². The third-order valence-electron chi connectivity index (χ3n) is 5.19. The van der Waals surface area contributed by atoms with Crippen LogP contribution in [0.2, 0.25) is 0 Å². The Hall–Kier alpha value is -3.17. The highest BCUT2D eigenvalue weighted by Gasteiger charge is 2.33. The van der Waals surface area contributed by atoms with Crippen molar-refractivity contribution in [2.24, 2.45) is 5.92 Å². The number of benzene rings is 1. The Morgan fingerprint density at radius 1 is 1.17 bits per heavy atom. The lowest BCUT2D eigenvalue weighted by Gasteiger charge is -2.32. The normalized spacial score (nSPS) is 15.8. The van der Waals surface area contributed by atoms with Crippen molar-refractivity contribution >= 4 is 16.9 Å². The van der Waals surface area contributed by atoms with Gasteiger partial charge in [0.25, 0.3) is 11.5 Å². The zero-order valence-electron chi connectivity index (χ0n) is 15.3. The van der Waals surface area contributed by atoms with E-state index in [0.29, 0.717) is 37.6 Å². The maximum Gasteiger partial charge on any atom is 0.433 e. The molecular formula is C19H18F3N5O2. The summed E-state index contributed by atoms with van der Waals surface area (Å²) in [6.45, 7) is 1.33. The molecule has 3 aromatic rings. The maximum atomic E-state index is 12.7. The van der Waals surface area contributed by atoms with Crippen LogP contribution in [-0.4, -0.2) is 43.4 Å². The Morgan fingerprint density at radius 2 is 1.93 bits per heavy atom. The standard InChI is InChI=1S/C19H18F3N5O2/c20-19(21,22)16-8-17(28)27(11-25-16)9-12-3-5-26(6-4-12)18(29)13-1-2-14-15(7-13)24-10-23-14/h1-2,7-8,10-12H,3-6,9H2,(H,23,24). The number of piperidine rings is 1. The summed E-state index contributed by atoms with van der Waals surface area (Å²) in [5.74, 6) is 0.0127. The SMILES string of the molecule is O=C(c1ccc2nc[nH]c2c1)N1CCC(Cn2cnc(C(F)(F)F)cc2=O)CC1. The first-order valence-electron chi connectivity index (χ1n) is 9.17. The summed E-state index contributed by atoms with van der Waals surface area (Å²) in [5.41, 5.74) is 0.242. The lowest BCUT2D eigenvalue weighted by Crippen LogP contribution is -2.40. The van der Waals surface area contributed by atoms with E-state index >= 15 is 0 Å². The fraction of sp³-hybridized carbons (Fsp3) is 0.368. The molecule has 0 bridgehead atoms. The van der Waals surface area contributed by atoms with Gasteiger partial charge in [0.05, 0.1) is 23.7 Å². The molecule has 1 aliphatic heterocycles. The van der Waals surface area contributed by atoms with Gasteiger partial charge < -0.3 is 9.88 Å². The van der Waals surface area contributed by atoms with Gasteiger partial charge in [0.1, 0.15) is 0 Å². The molecule has 3 heterocycles. The highest BCUT2D eigenvalue weighted by atomic mass is 19.4. The van der Waals surface area contributed by atoms with Gasteiger partial charge in [-0.3, -0.25) is 14.2 Å². The van der Waals surface area contributed by atoms with Gasteiger partial charge in [0, 0.05) is 31.3 Å². The molecule has 1 fully saturated rings. The minimum Gasteiger partial charge on any atom is -0.345 e. The predicted octanol–water partition coefficient (Wildman–Crippen LogP) is 2.69. The number of H-pyrrole nitrogens is 1. The highest BCUT2D eigenvalue weighted by molar-refractivity contribution is 5.97. The summed E-state index contributed by atoms with van der Waals surface area (Å²) in [7, 11) is 0. The Labute approximate surface area is 163 Å². The summed E-state index contributed by atoms with van der Waals surface area (Å²) < 4.78 is 39.1. The number of halogens is 3. The second-order valence-corrected chi connectivity index (χ2v) is 7.13. The van der Waals surface area contributed by atoms with Crippen LogP contribution < -0.4 is 5.56 Å². The molecule has 29 heavy (non-hydrogen) atoms. The van der Waals surface area contributed by atoms with Crippen LogP contribution in [0.3, 0.4) is 0 Å². The number of rotatable bonds is 3. The van der Waals surface area contributed by atoms with E-state index in [1.54, 1.807) is 29.4 Å². The van der Waals surface area contributed by atoms with Crippen LogP contribution >= 0.6 is 0 Å². The zero-order valence-corrected chi connectivity index (χ0v) is 15.3. The number of aromatic nitrogens is 4. The van der Waals surface area contributed by atoms with Crippen LogP contribution in [0.15, 0.2) is 41.7 Å². The fourth-order valence-electron chi connectivity index (χ4n) is 3.57. The second kappa shape index (κ2) is 7.34. The number of likely N-dealkylation sites (tertiary alicyclic amines) is 1. The number of imidazole rings is 1. The van der Waals surface area contributed by atoms with E-state index in [1.807, 2.05) is 0 Å². The molecular weight excluding hydrogens is 387 g/mol. The molecule has 0 radical (unpaired) electrons. The van der Waals surface area contributed by atoms with Crippen molar-refractivity contribution in [3.05, 3.63) is 58.5 Å². The second-order valence-electron chi connectivity index (χ2n) is 7.13. The van der Waals surface area contributed by atoms with Crippen LogP contribution in [0.1, 0.15) is 28.9 Å². The van der Waals surface area contributed by atoms with Crippen molar-refractivity contribution in [3.63, 3.8) is 0 Å². The number of carbonyl (C=O) groups excluding carboxylic acids is 1. The Kier molecular flexibility index (Phi) is 4.85. The van der Waals surface area contributed by atoms with E-state index in [9.17, 15) is 22.8 Å². The quantitative estimate of drug-likeness (QED) is 0.726. The first-order valence-corrected chi connectivity index (χ1v) is 9.17. The Balaban J connectivity index is 1.38. The van der Waals surface area contributed by atoms with Crippen LogP contribution in [0, 0.1) is 5.92 Å². The number of hydrogen-bond donors (Lipinski definition) is 1. The molecule has 0 atom stereocenters. The van der Waals surface area contributed by atoms with Gasteiger partial charge in [-0.25, -0.2) is 9.97 Å². The third kappa shape index (κ3) is 4.01. The molecule has 1 aliphatic rings. The van der Waals surface area contributed by atoms with Crippen molar-refractivity contribution in [3.8, 4) is 0 Å². The van der Waals surface area contributed by atoms with E-state index in [2.05, 4.69) is 15.0 Å². The predicted molar refractivity (Wildman–Crippen MR) is 98.2 cm³/mol. The maximum absolute atomic E-state index is 12.7. The summed E-state index contributed by atoms with van der Waals surface area (Å²) in [6.07, 6.45) is -0.801. The molecule has 1 amide bonds. The Morgan fingerprint density at radius 3 is 2.62 bits per heavy atom. The van der Waals surface area contributed by atoms with Gasteiger partial charge in [-0.1, -0.05) is 0 Å². The van der Waals surface area contributed by atoms with Gasteiger partial charge in [-0.05, 0) is 37.0 Å². The molecule has 0 unspecified atom stereocenters. The number of amides is 1. The van der Waals surface area contributed by atoms with Gasteiger partial charge >= 0.3 is 6.18 Å². The first-order chi connectivity index (χ1) is 13.8.